The average Bonchev–Trinajstić information content (AvgIpc) is 2.46. The number of pyridine rings is 2. The Bertz CT molecular complexity index is 599. The van der Waals surface area contributed by atoms with Crippen molar-refractivity contribution in [3.63, 3.8) is 0 Å². The molecule has 2 aromatic heterocycles. The van der Waals surface area contributed by atoms with E-state index in [1.54, 1.807) is 18.3 Å². The maximum atomic E-state index is 11.8. The molecule has 0 aliphatic rings. The van der Waals surface area contributed by atoms with Gasteiger partial charge in [-0.15, -0.1) is 0 Å². The lowest BCUT2D eigenvalue weighted by molar-refractivity contribution is 0.0696. The highest BCUT2D eigenvalue weighted by Crippen LogP contribution is 2.03. The molecule has 0 spiro atoms. The molecule has 2 rings (SSSR count). The van der Waals surface area contributed by atoms with Crippen LogP contribution in [-0.2, 0) is 6.54 Å². The number of nitrogens with one attached hydrogen (secondary N) is 1. The van der Waals surface area contributed by atoms with E-state index in [9.17, 15) is 9.59 Å². The Labute approximate surface area is 109 Å². The number of aromatic nitrogens is 2. The van der Waals surface area contributed by atoms with Crippen molar-refractivity contribution in [1.82, 2.24) is 15.3 Å². The van der Waals surface area contributed by atoms with E-state index in [1.807, 2.05) is 6.07 Å². The number of carboxylic acid groups (broad SMARTS) is 1. The molecule has 6 nitrogen and oxygen atoms in total. The quantitative estimate of drug-likeness (QED) is 0.855. The van der Waals surface area contributed by atoms with Crippen molar-refractivity contribution in [3.8, 4) is 0 Å². The Balaban J connectivity index is 2.04. The van der Waals surface area contributed by atoms with E-state index in [0.29, 0.717) is 0 Å². The molecule has 0 radical (unpaired) electrons. The average molecular weight is 257 g/mol. The highest BCUT2D eigenvalue weighted by molar-refractivity contribution is 5.96. The molecule has 0 bridgehead atoms. The van der Waals surface area contributed by atoms with E-state index in [4.69, 9.17) is 5.11 Å². The molecule has 0 saturated carbocycles. The number of hydrogen-bond donors (Lipinski definition) is 2. The Kier molecular flexibility index (Phi) is 3.82. The van der Waals surface area contributed by atoms with Gasteiger partial charge in [-0.25, -0.2) is 4.79 Å². The van der Waals surface area contributed by atoms with Gasteiger partial charge in [0, 0.05) is 18.6 Å². The number of carbonyl (C=O) groups is 2. The zero-order valence-corrected chi connectivity index (χ0v) is 9.91. The Morgan fingerprint density at radius 3 is 2.68 bits per heavy atom. The van der Waals surface area contributed by atoms with Crippen LogP contribution in [0.25, 0.3) is 0 Å². The first-order chi connectivity index (χ1) is 9.16. The summed E-state index contributed by atoms with van der Waals surface area (Å²) in [5.41, 5.74) is 0.902. The normalized spacial score (nSPS) is 9.89. The third kappa shape index (κ3) is 3.35. The first kappa shape index (κ1) is 12.7. The fourth-order valence-electron chi connectivity index (χ4n) is 1.46. The molecule has 0 unspecified atom stereocenters. The van der Waals surface area contributed by atoms with E-state index >= 15 is 0 Å². The van der Waals surface area contributed by atoms with Crippen LogP contribution >= 0.6 is 0 Å². The van der Waals surface area contributed by atoms with Gasteiger partial charge >= 0.3 is 5.97 Å². The summed E-state index contributed by atoms with van der Waals surface area (Å²) in [5, 5.41) is 11.5. The molecule has 0 aliphatic carbocycles. The minimum Gasteiger partial charge on any atom is -0.478 e. The molecule has 0 aromatic carbocycles. The fraction of sp³-hybridized carbons (Fsp3) is 0.0769. The standard InChI is InChI=1S/C13H11N3O3/c17-12(16-8-11-3-1-2-4-15-11)9-5-10(13(18)19)7-14-6-9/h1-7H,8H2,(H,16,17)(H,18,19). The van der Waals surface area contributed by atoms with Gasteiger partial charge in [-0.1, -0.05) is 6.07 Å². The molecule has 96 valence electrons. The largest absolute Gasteiger partial charge is 0.478 e. The highest BCUT2D eigenvalue weighted by atomic mass is 16.4. The van der Waals surface area contributed by atoms with Crippen molar-refractivity contribution < 1.29 is 14.7 Å². The van der Waals surface area contributed by atoms with Gasteiger partial charge in [-0.05, 0) is 18.2 Å². The van der Waals surface area contributed by atoms with Crippen LogP contribution in [0.4, 0.5) is 0 Å². The Morgan fingerprint density at radius 2 is 2.00 bits per heavy atom. The molecule has 6 heteroatoms. The number of carbonyl (C=O) groups excluding carboxylic acids is 1. The Hall–Kier alpha value is -2.76. The molecule has 2 N–H and O–H groups in total. The second-order valence-electron chi connectivity index (χ2n) is 3.77. The van der Waals surface area contributed by atoms with Gasteiger partial charge in [0.1, 0.15) is 0 Å². The Morgan fingerprint density at radius 1 is 1.21 bits per heavy atom. The smallest absolute Gasteiger partial charge is 0.337 e. The number of carboxylic acids is 1. The van der Waals surface area contributed by atoms with Crippen LogP contribution in [0.3, 0.4) is 0 Å². The fourth-order valence-corrected chi connectivity index (χ4v) is 1.46. The van der Waals surface area contributed by atoms with Crippen molar-refractivity contribution in [2.24, 2.45) is 0 Å². The second kappa shape index (κ2) is 5.72. The van der Waals surface area contributed by atoms with Crippen LogP contribution in [0.5, 0.6) is 0 Å². The number of aromatic carboxylic acids is 1. The van der Waals surface area contributed by atoms with Crippen LogP contribution in [0, 0.1) is 0 Å². The summed E-state index contributed by atoms with van der Waals surface area (Å²) in [4.78, 5) is 30.4. The molecule has 0 saturated heterocycles. The summed E-state index contributed by atoms with van der Waals surface area (Å²) in [7, 11) is 0. The molecule has 2 heterocycles. The summed E-state index contributed by atoms with van der Waals surface area (Å²) in [6.07, 6.45) is 4.14. The van der Waals surface area contributed by atoms with Gasteiger partial charge < -0.3 is 10.4 Å². The lowest BCUT2D eigenvalue weighted by Crippen LogP contribution is -2.23. The topological polar surface area (TPSA) is 92.2 Å². The van der Waals surface area contributed by atoms with Gasteiger partial charge in [-0.2, -0.15) is 0 Å². The molecular formula is C13H11N3O3. The maximum absolute atomic E-state index is 11.8. The minimum absolute atomic E-state index is 0.0227. The number of rotatable bonds is 4. The van der Waals surface area contributed by atoms with Gasteiger partial charge in [0.05, 0.1) is 23.4 Å². The summed E-state index contributed by atoms with van der Waals surface area (Å²) in [6, 6.07) is 6.67. The van der Waals surface area contributed by atoms with Crippen LogP contribution < -0.4 is 5.32 Å². The van der Waals surface area contributed by atoms with Gasteiger partial charge in [0.15, 0.2) is 0 Å². The summed E-state index contributed by atoms with van der Waals surface area (Å²) < 4.78 is 0. The lowest BCUT2D eigenvalue weighted by Gasteiger charge is -2.04. The van der Waals surface area contributed by atoms with Crippen molar-refractivity contribution in [3.05, 3.63) is 59.7 Å². The molecule has 1 amide bonds. The molecule has 0 aliphatic heterocycles. The van der Waals surface area contributed by atoms with E-state index in [2.05, 4.69) is 15.3 Å². The van der Waals surface area contributed by atoms with Crippen LogP contribution in [0.1, 0.15) is 26.4 Å². The zero-order chi connectivity index (χ0) is 13.7. The number of nitrogens with zero attached hydrogens (tertiary/aromatic N) is 2. The molecule has 19 heavy (non-hydrogen) atoms. The monoisotopic (exact) mass is 257 g/mol. The van der Waals surface area contributed by atoms with E-state index in [1.165, 1.54) is 18.5 Å². The SMILES string of the molecule is O=C(O)c1cncc(C(=O)NCc2ccccn2)c1. The van der Waals surface area contributed by atoms with Crippen molar-refractivity contribution >= 4 is 11.9 Å². The first-order valence-corrected chi connectivity index (χ1v) is 5.53. The number of amides is 1. The minimum atomic E-state index is -1.12. The van der Waals surface area contributed by atoms with Gasteiger partial charge in [-0.3, -0.25) is 14.8 Å². The highest BCUT2D eigenvalue weighted by Gasteiger charge is 2.10. The van der Waals surface area contributed by atoms with E-state index in [0.717, 1.165) is 5.69 Å². The molecule has 0 fully saturated rings. The van der Waals surface area contributed by atoms with Gasteiger partial charge in [0.25, 0.3) is 5.91 Å². The summed E-state index contributed by atoms with van der Waals surface area (Å²) >= 11 is 0. The second-order valence-corrected chi connectivity index (χ2v) is 3.77. The maximum Gasteiger partial charge on any atom is 0.337 e. The predicted octanol–water partition coefficient (Wildman–Crippen LogP) is 1.10. The third-order valence-electron chi connectivity index (χ3n) is 2.40. The molecule has 2 aromatic rings. The van der Waals surface area contributed by atoms with Crippen molar-refractivity contribution in [1.29, 1.82) is 0 Å². The predicted molar refractivity (Wildman–Crippen MR) is 66.6 cm³/mol. The molecular weight excluding hydrogens is 246 g/mol. The van der Waals surface area contributed by atoms with Crippen molar-refractivity contribution in [2.45, 2.75) is 6.54 Å². The molecule has 0 atom stereocenters. The van der Waals surface area contributed by atoms with Crippen LogP contribution in [0.15, 0.2) is 42.9 Å². The van der Waals surface area contributed by atoms with Crippen LogP contribution in [0.2, 0.25) is 0 Å². The van der Waals surface area contributed by atoms with Crippen molar-refractivity contribution in [2.75, 3.05) is 0 Å². The lowest BCUT2D eigenvalue weighted by atomic mass is 10.2. The van der Waals surface area contributed by atoms with E-state index < -0.39 is 5.97 Å². The third-order valence-corrected chi connectivity index (χ3v) is 2.40. The number of hydrogen-bond acceptors (Lipinski definition) is 4. The van der Waals surface area contributed by atoms with E-state index in [-0.39, 0.29) is 23.6 Å². The first-order valence-electron chi connectivity index (χ1n) is 5.53. The zero-order valence-electron chi connectivity index (χ0n) is 9.91. The van der Waals surface area contributed by atoms with Gasteiger partial charge in [0.2, 0.25) is 0 Å². The summed E-state index contributed by atoms with van der Waals surface area (Å²) in [5.74, 6) is -1.51. The summed E-state index contributed by atoms with van der Waals surface area (Å²) in [6.45, 7) is 0.275. The van der Waals surface area contributed by atoms with Crippen LogP contribution in [-0.4, -0.2) is 27.0 Å².